The lowest BCUT2D eigenvalue weighted by Crippen LogP contribution is -2.00. The van der Waals surface area contributed by atoms with Crippen molar-refractivity contribution in [3.05, 3.63) is 46.2 Å². The molecule has 0 amide bonds. The van der Waals surface area contributed by atoms with Gasteiger partial charge in [-0.05, 0) is 34.5 Å². The fourth-order valence-corrected chi connectivity index (χ4v) is 2.69. The third-order valence-corrected chi connectivity index (χ3v) is 3.71. The van der Waals surface area contributed by atoms with Gasteiger partial charge in [0.15, 0.2) is 0 Å². The van der Waals surface area contributed by atoms with Crippen LogP contribution >= 0.6 is 11.3 Å². The Morgan fingerprint density at radius 2 is 2.33 bits per heavy atom. The van der Waals surface area contributed by atoms with E-state index in [-0.39, 0.29) is 0 Å². The summed E-state index contributed by atoms with van der Waals surface area (Å²) in [6.07, 6.45) is 0.407. The molecule has 1 aromatic heterocycles. The van der Waals surface area contributed by atoms with Gasteiger partial charge in [0.25, 0.3) is 0 Å². The van der Waals surface area contributed by atoms with E-state index in [1.807, 2.05) is 18.2 Å². The number of rotatable bonds is 4. The largest absolute Gasteiger partial charge is 0.493 e. The van der Waals surface area contributed by atoms with E-state index in [0.717, 1.165) is 23.5 Å². The SMILES string of the molecule is OC1COc2cc(OCCc3ccsc3)ccc21. The van der Waals surface area contributed by atoms with Gasteiger partial charge in [0.1, 0.15) is 24.2 Å². The quantitative estimate of drug-likeness (QED) is 0.920. The summed E-state index contributed by atoms with van der Waals surface area (Å²) >= 11 is 1.70. The molecule has 2 aromatic rings. The molecule has 0 bridgehead atoms. The van der Waals surface area contributed by atoms with Crippen LogP contribution < -0.4 is 9.47 Å². The van der Waals surface area contributed by atoms with E-state index >= 15 is 0 Å². The van der Waals surface area contributed by atoms with Crippen LogP contribution in [0.25, 0.3) is 0 Å². The first-order valence-electron chi connectivity index (χ1n) is 5.91. The zero-order valence-electron chi connectivity index (χ0n) is 9.83. The molecule has 1 aliphatic rings. The highest BCUT2D eigenvalue weighted by atomic mass is 32.1. The van der Waals surface area contributed by atoms with E-state index in [1.54, 1.807) is 11.3 Å². The van der Waals surface area contributed by atoms with Crippen LogP contribution in [0.5, 0.6) is 11.5 Å². The zero-order chi connectivity index (χ0) is 12.4. The second-order valence-corrected chi connectivity index (χ2v) is 5.04. The first kappa shape index (κ1) is 11.6. The molecule has 3 nitrogen and oxygen atoms in total. The minimum absolute atomic E-state index is 0.341. The Hall–Kier alpha value is -1.52. The summed E-state index contributed by atoms with van der Waals surface area (Å²) in [4.78, 5) is 0. The average molecular weight is 262 g/mol. The first-order valence-corrected chi connectivity index (χ1v) is 6.86. The van der Waals surface area contributed by atoms with Crippen LogP contribution in [-0.2, 0) is 6.42 Å². The van der Waals surface area contributed by atoms with Gasteiger partial charge in [-0.3, -0.25) is 0 Å². The topological polar surface area (TPSA) is 38.7 Å². The molecule has 1 aromatic carbocycles. The molecule has 1 unspecified atom stereocenters. The molecule has 18 heavy (non-hydrogen) atoms. The molecule has 1 N–H and O–H groups in total. The summed E-state index contributed by atoms with van der Waals surface area (Å²) < 4.78 is 11.1. The molecule has 94 valence electrons. The van der Waals surface area contributed by atoms with Gasteiger partial charge in [-0.25, -0.2) is 0 Å². The van der Waals surface area contributed by atoms with Crippen molar-refractivity contribution in [2.75, 3.05) is 13.2 Å². The Bertz CT molecular complexity index is 522. The molecule has 0 saturated carbocycles. The molecule has 2 heterocycles. The minimum atomic E-state index is -0.500. The molecule has 0 spiro atoms. The van der Waals surface area contributed by atoms with Gasteiger partial charge in [-0.1, -0.05) is 0 Å². The number of fused-ring (bicyclic) bond motifs is 1. The number of benzene rings is 1. The maximum atomic E-state index is 9.61. The third kappa shape index (κ3) is 2.35. The smallest absolute Gasteiger partial charge is 0.129 e. The zero-order valence-corrected chi connectivity index (χ0v) is 10.7. The van der Waals surface area contributed by atoms with Crippen molar-refractivity contribution in [1.29, 1.82) is 0 Å². The predicted molar refractivity (Wildman–Crippen MR) is 70.4 cm³/mol. The van der Waals surface area contributed by atoms with Gasteiger partial charge in [0.05, 0.1) is 6.61 Å². The molecule has 3 rings (SSSR count). The van der Waals surface area contributed by atoms with Crippen molar-refractivity contribution in [3.63, 3.8) is 0 Å². The molecule has 4 heteroatoms. The molecule has 1 aliphatic heterocycles. The highest BCUT2D eigenvalue weighted by Gasteiger charge is 2.21. The molecular weight excluding hydrogens is 248 g/mol. The standard InChI is InChI=1S/C14H14O3S/c15-13-8-17-14-7-11(1-2-12(13)14)16-5-3-10-4-6-18-9-10/h1-2,4,6-7,9,13,15H,3,5,8H2. The molecule has 0 aliphatic carbocycles. The van der Waals surface area contributed by atoms with Crippen molar-refractivity contribution in [2.24, 2.45) is 0 Å². The van der Waals surface area contributed by atoms with Gasteiger partial charge >= 0.3 is 0 Å². The number of aliphatic hydroxyl groups is 1. The Kier molecular flexibility index (Phi) is 3.21. The van der Waals surface area contributed by atoms with Crippen molar-refractivity contribution < 1.29 is 14.6 Å². The molecular formula is C14H14O3S. The van der Waals surface area contributed by atoms with Gasteiger partial charge in [-0.15, -0.1) is 0 Å². The van der Waals surface area contributed by atoms with Crippen LogP contribution in [-0.4, -0.2) is 18.3 Å². The Balaban J connectivity index is 1.60. The van der Waals surface area contributed by atoms with Gasteiger partial charge in [0, 0.05) is 18.1 Å². The van der Waals surface area contributed by atoms with E-state index < -0.39 is 6.10 Å². The summed E-state index contributed by atoms with van der Waals surface area (Å²) in [5.41, 5.74) is 2.15. The maximum absolute atomic E-state index is 9.61. The molecule has 0 fully saturated rings. The van der Waals surface area contributed by atoms with E-state index in [9.17, 15) is 5.11 Å². The lowest BCUT2D eigenvalue weighted by molar-refractivity contribution is 0.140. The summed E-state index contributed by atoms with van der Waals surface area (Å²) in [5, 5.41) is 13.8. The molecule has 1 atom stereocenters. The average Bonchev–Trinajstić information content (AvgIpc) is 3.00. The first-order chi connectivity index (χ1) is 8.83. The summed E-state index contributed by atoms with van der Waals surface area (Å²) in [7, 11) is 0. The van der Waals surface area contributed by atoms with Crippen molar-refractivity contribution >= 4 is 11.3 Å². The number of hydrogen-bond donors (Lipinski definition) is 1. The van der Waals surface area contributed by atoms with Gasteiger partial charge in [-0.2, -0.15) is 11.3 Å². The normalized spacial score (nSPS) is 17.3. The second-order valence-electron chi connectivity index (χ2n) is 4.26. The maximum Gasteiger partial charge on any atom is 0.129 e. The second kappa shape index (κ2) is 5.00. The van der Waals surface area contributed by atoms with E-state index in [4.69, 9.17) is 9.47 Å². The van der Waals surface area contributed by atoms with Crippen molar-refractivity contribution in [2.45, 2.75) is 12.5 Å². The van der Waals surface area contributed by atoms with Crippen LogP contribution in [0.2, 0.25) is 0 Å². The van der Waals surface area contributed by atoms with Crippen LogP contribution in [0, 0.1) is 0 Å². The van der Waals surface area contributed by atoms with Gasteiger partial charge in [0.2, 0.25) is 0 Å². The van der Waals surface area contributed by atoms with E-state index in [0.29, 0.717) is 13.2 Å². The fraction of sp³-hybridized carbons (Fsp3) is 0.286. The Morgan fingerprint density at radius 3 is 3.17 bits per heavy atom. The number of hydrogen-bond acceptors (Lipinski definition) is 4. The summed E-state index contributed by atoms with van der Waals surface area (Å²) in [6, 6.07) is 7.70. The highest BCUT2D eigenvalue weighted by Crippen LogP contribution is 2.35. The summed E-state index contributed by atoms with van der Waals surface area (Å²) in [6.45, 7) is 0.992. The van der Waals surface area contributed by atoms with Crippen molar-refractivity contribution in [1.82, 2.24) is 0 Å². The predicted octanol–water partition coefficient (Wildman–Crippen LogP) is 2.80. The van der Waals surface area contributed by atoms with Crippen LogP contribution in [0.4, 0.5) is 0 Å². The van der Waals surface area contributed by atoms with Crippen LogP contribution in [0.3, 0.4) is 0 Å². The van der Waals surface area contributed by atoms with Crippen LogP contribution in [0.1, 0.15) is 17.2 Å². The molecule has 0 radical (unpaired) electrons. The Labute approximate surface area is 110 Å². The number of thiophene rings is 1. The van der Waals surface area contributed by atoms with Crippen molar-refractivity contribution in [3.8, 4) is 11.5 Å². The minimum Gasteiger partial charge on any atom is -0.493 e. The van der Waals surface area contributed by atoms with E-state index in [2.05, 4.69) is 16.8 Å². The highest BCUT2D eigenvalue weighted by molar-refractivity contribution is 7.07. The van der Waals surface area contributed by atoms with Gasteiger partial charge < -0.3 is 14.6 Å². The lowest BCUT2D eigenvalue weighted by Gasteiger charge is -2.07. The Morgan fingerprint density at radius 1 is 1.39 bits per heavy atom. The van der Waals surface area contributed by atoms with E-state index in [1.165, 1.54) is 5.56 Å². The monoisotopic (exact) mass is 262 g/mol. The van der Waals surface area contributed by atoms with Crippen LogP contribution in [0.15, 0.2) is 35.0 Å². The third-order valence-electron chi connectivity index (χ3n) is 2.98. The fourth-order valence-electron chi connectivity index (χ4n) is 1.98. The lowest BCUT2D eigenvalue weighted by atomic mass is 10.1. The molecule has 0 saturated heterocycles. The summed E-state index contributed by atoms with van der Waals surface area (Å²) in [5.74, 6) is 1.52. The number of ether oxygens (including phenoxy) is 2. The number of aliphatic hydroxyl groups excluding tert-OH is 1.